The number of hydrogen-bond acceptors (Lipinski definition) is 1. The second-order valence-corrected chi connectivity index (χ2v) is 5.50. The molecule has 0 spiro atoms. The lowest BCUT2D eigenvalue weighted by Crippen LogP contribution is -2.24. The Morgan fingerprint density at radius 1 is 1.40 bits per heavy atom. The third-order valence-corrected chi connectivity index (χ3v) is 3.93. The van der Waals surface area contributed by atoms with Gasteiger partial charge in [-0.3, -0.25) is 0 Å². The summed E-state index contributed by atoms with van der Waals surface area (Å²) in [6, 6.07) is 0.610. The summed E-state index contributed by atoms with van der Waals surface area (Å²) in [5.41, 5.74) is 1.17. The van der Waals surface area contributed by atoms with E-state index in [1.807, 2.05) is 0 Å². The molecular weight excluding hydrogens is 204 g/mol. The fraction of sp³-hybridized carbons (Fsp3) is 0.750. The van der Waals surface area contributed by atoms with Crippen LogP contribution in [0.25, 0.3) is 0 Å². The Morgan fingerprint density at radius 2 is 2.13 bits per heavy atom. The topological polar surface area (TPSA) is 20.7 Å². The van der Waals surface area contributed by atoms with Gasteiger partial charge in [0.15, 0.2) is 4.77 Å². The molecule has 3 heteroatoms. The van der Waals surface area contributed by atoms with Crippen LogP contribution in [-0.4, -0.2) is 9.55 Å². The number of rotatable bonds is 1. The highest BCUT2D eigenvalue weighted by Crippen LogP contribution is 2.36. The Bertz CT molecular complexity index is 391. The molecule has 0 amide bonds. The SMILES string of the molecule is Cc1cn(C2CCC(C)CC2C)c(=S)[nH]1. The quantitative estimate of drug-likeness (QED) is 0.719. The van der Waals surface area contributed by atoms with Gasteiger partial charge in [0.1, 0.15) is 0 Å². The standard InChI is InChI=1S/C12H20N2S/c1-8-4-5-11(9(2)6-8)14-7-10(3)13-12(14)15/h7-9,11H,4-6H2,1-3H3,(H,13,15). The molecule has 3 unspecified atom stereocenters. The van der Waals surface area contributed by atoms with E-state index in [0.717, 1.165) is 16.6 Å². The van der Waals surface area contributed by atoms with Crippen molar-refractivity contribution in [1.29, 1.82) is 0 Å². The van der Waals surface area contributed by atoms with Crippen molar-refractivity contribution < 1.29 is 0 Å². The molecular formula is C12H20N2S. The largest absolute Gasteiger partial charge is 0.335 e. The second kappa shape index (κ2) is 4.12. The van der Waals surface area contributed by atoms with Crippen LogP contribution in [0.3, 0.4) is 0 Å². The van der Waals surface area contributed by atoms with Crippen LogP contribution in [0.4, 0.5) is 0 Å². The van der Waals surface area contributed by atoms with Crippen molar-refractivity contribution in [3.8, 4) is 0 Å². The molecule has 0 bridgehead atoms. The van der Waals surface area contributed by atoms with E-state index < -0.39 is 0 Å². The fourth-order valence-corrected chi connectivity index (χ4v) is 3.19. The smallest absolute Gasteiger partial charge is 0.177 e. The van der Waals surface area contributed by atoms with Crippen molar-refractivity contribution in [3.63, 3.8) is 0 Å². The van der Waals surface area contributed by atoms with E-state index >= 15 is 0 Å². The molecule has 0 radical (unpaired) electrons. The summed E-state index contributed by atoms with van der Waals surface area (Å²) in [7, 11) is 0. The minimum absolute atomic E-state index is 0.610. The van der Waals surface area contributed by atoms with Crippen LogP contribution in [0, 0.1) is 23.5 Å². The first-order valence-corrected chi connectivity index (χ1v) is 6.26. The molecule has 2 nitrogen and oxygen atoms in total. The summed E-state index contributed by atoms with van der Waals surface area (Å²) >= 11 is 5.34. The summed E-state index contributed by atoms with van der Waals surface area (Å²) in [6.07, 6.45) is 6.10. The molecule has 3 atom stereocenters. The Hall–Kier alpha value is -0.570. The number of imidazole rings is 1. The predicted octanol–water partition coefficient (Wildman–Crippen LogP) is 3.85. The van der Waals surface area contributed by atoms with Gasteiger partial charge in [-0.15, -0.1) is 0 Å². The highest BCUT2D eigenvalue weighted by atomic mass is 32.1. The number of nitrogens with zero attached hydrogens (tertiary/aromatic N) is 1. The van der Waals surface area contributed by atoms with E-state index in [0.29, 0.717) is 6.04 Å². The van der Waals surface area contributed by atoms with Gasteiger partial charge in [0, 0.05) is 17.9 Å². The van der Waals surface area contributed by atoms with Gasteiger partial charge in [0.05, 0.1) is 0 Å². The Morgan fingerprint density at radius 3 is 2.67 bits per heavy atom. The first-order valence-electron chi connectivity index (χ1n) is 5.85. The maximum absolute atomic E-state index is 5.34. The van der Waals surface area contributed by atoms with Gasteiger partial charge >= 0.3 is 0 Å². The molecule has 1 heterocycles. The van der Waals surface area contributed by atoms with Crippen LogP contribution in [0.2, 0.25) is 0 Å². The van der Waals surface area contributed by atoms with Crippen LogP contribution in [0.15, 0.2) is 6.20 Å². The normalized spacial score (nSPS) is 31.8. The predicted molar refractivity (Wildman–Crippen MR) is 65.6 cm³/mol. The molecule has 0 aromatic carbocycles. The van der Waals surface area contributed by atoms with Gasteiger partial charge in [0.25, 0.3) is 0 Å². The summed E-state index contributed by atoms with van der Waals surface area (Å²) < 4.78 is 3.15. The molecule has 1 N–H and O–H groups in total. The number of aromatic amines is 1. The third kappa shape index (κ3) is 2.17. The zero-order chi connectivity index (χ0) is 11.0. The molecule has 1 aromatic rings. The number of aromatic nitrogens is 2. The summed E-state index contributed by atoms with van der Waals surface area (Å²) in [6.45, 7) is 6.78. The molecule has 1 saturated carbocycles. The second-order valence-electron chi connectivity index (χ2n) is 5.11. The Balaban J connectivity index is 2.24. The van der Waals surface area contributed by atoms with E-state index in [2.05, 4.69) is 36.5 Å². The van der Waals surface area contributed by atoms with Gasteiger partial charge in [-0.25, -0.2) is 0 Å². The van der Waals surface area contributed by atoms with E-state index in [9.17, 15) is 0 Å². The molecule has 84 valence electrons. The van der Waals surface area contributed by atoms with Crippen molar-refractivity contribution >= 4 is 12.2 Å². The van der Waals surface area contributed by atoms with Crippen molar-refractivity contribution in [2.24, 2.45) is 11.8 Å². The number of hydrogen-bond donors (Lipinski definition) is 1. The van der Waals surface area contributed by atoms with Gasteiger partial charge in [-0.2, -0.15) is 0 Å². The highest BCUT2D eigenvalue weighted by Gasteiger charge is 2.26. The fourth-order valence-electron chi connectivity index (χ4n) is 2.84. The Labute approximate surface area is 96.7 Å². The molecule has 1 aromatic heterocycles. The lowest BCUT2D eigenvalue weighted by Gasteiger charge is -2.33. The third-order valence-electron chi connectivity index (χ3n) is 3.61. The molecule has 2 rings (SSSR count). The molecule has 0 saturated heterocycles. The van der Waals surface area contributed by atoms with Crippen LogP contribution < -0.4 is 0 Å². The van der Waals surface area contributed by atoms with Gasteiger partial charge in [-0.1, -0.05) is 13.8 Å². The lowest BCUT2D eigenvalue weighted by molar-refractivity contribution is 0.206. The van der Waals surface area contributed by atoms with Crippen LogP contribution in [0.5, 0.6) is 0 Å². The number of aryl methyl sites for hydroxylation is 1. The molecule has 1 fully saturated rings. The molecule has 1 aliphatic rings. The molecule has 0 aliphatic heterocycles. The van der Waals surface area contributed by atoms with Gasteiger partial charge in [-0.05, 0) is 50.2 Å². The number of nitrogens with one attached hydrogen (secondary N) is 1. The number of H-pyrrole nitrogens is 1. The van der Waals surface area contributed by atoms with Crippen molar-refractivity contribution in [2.45, 2.75) is 46.1 Å². The van der Waals surface area contributed by atoms with Gasteiger partial charge in [0.2, 0.25) is 0 Å². The average molecular weight is 224 g/mol. The van der Waals surface area contributed by atoms with E-state index in [1.54, 1.807) is 0 Å². The first-order chi connectivity index (χ1) is 7.08. The summed E-state index contributed by atoms with van der Waals surface area (Å²) in [5, 5.41) is 0. The molecule has 15 heavy (non-hydrogen) atoms. The summed E-state index contributed by atoms with van der Waals surface area (Å²) in [4.78, 5) is 3.21. The van der Waals surface area contributed by atoms with Crippen LogP contribution >= 0.6 is 12.2 Å². The molecule has 1 aliphatic carbocycles. The van der Waals surface area contributed by atoms with Crippen molar-refractivity contribution in [3.05, 3.63) is 16.7 Å². The van der Waals surface area contributed by atoms with Gasteiger partial charge < -0.3 is 9.55 Å². The zero-order valence-corrected chi connectivity index (χ0v) is 10.6. The zero-order valence-electron chi connectivity index (χ0n) is 9.79. The van der Waals surface area contributed by atoms with E-state index in [4.69, 9.17) is 12.2 Å². The lowest BCUT2D eigenvalue weighted by atomic mass is 9.80. The van der Waals surface area contributed by atoms with Crippen LogP contribution in [-0.2, 0) is 0 Å². The summed E-state index contributed by atoms with van der Waals surface area (Å²) in [5.74, 6) is 1.63. The maximum Gasteiger partial charge on any atom is 0.177 e. The Kier molecular flexibility index (Phi) is 3.01. The minimum atomic E-state index is 0.610. The highest BCUT2D eigenvalue weighted by molar-refractivity contribution is 7.71. The van der Waals surface area contributed by atoms with E-state index in [1.165, 1.54) is 25.0 Å². The minimum Gasteiger partial charge on any atom is -0.335 e. The van der Waals surface area contributed by atoms with E-state index in [-0.39, 0.29) is 0 Å². The van der Waals surface area contributed by atoms with Crippen LogP contribution in [0.1, 0.15) is 44.8 Å². The monoisotopic (exact) mass is 224 g/mol. The average Bonchev–Trinajstić information content (AvgIpc) is 2.45. The first kappa shape index (κ1) is 10.9. The van der Waals surface area contributed by atoms with Crippen molar-refractivity contribution in [2.75, 3.05) is 0 Å². The maximum atomic E-state index is 5.34. The van der Waals surface area contributed by atoms with Crippen molar-refractivity contribution in [1.82, 2.24) is 9.55 Å².